The van der Waals surface area contributed by atoms with Gasteiger partial charge >= 0.3 is 5.97 Å². The lowest BCUT2D eigenvalue weighted by atomic mass is 9.86. The number of aryl methyl sites for hydroxylation is 1. The van der Waals surface area contributed by atoms with Crippen LogP contribution in [0.15, 0.2) is 48.5 Å². The number of hydrogen-bond donors (Lipinski definition) is 2. The Morgan fingerprint density at radius 1 is 1.12 bits per heavy atom. The zero-order valence-corrected chi connectivity index (χ0v) is 18.9. The van der Waals surface area contributed by atoms with Crippen LogP contribution in [0.5, 0.6) is 0 Å². The molecule has 1 heterocycles. The standard InChI is InChI=1S/C26H27ClN2O3/c1-16-6-5-9-20(27)24(16)25(30)29-23(26(31)32)15-17-10-12-22-19(14-17)11-13-21(28-22)18-7-3-2-4-8-18/h5-6,9-14,18,23H,2-4,7-8,15H2,1H3,(H,29,30)(H,31,32). The van der Waals surface area contributed by atoms with E-state index in [1.165, 1.54) is 32.1 Å². The second kappa shape index (κ2) is 9.70. The predicted molar refractivity (Wildman–Crippen MR) is 126 cm³/mol. The first kappa shape index (κ1) is 22.3. The van der Waals surface area contributed by atoms with Crippen LogP contribution in [-0.2, 0) is 11.2 Å². The van der Waals surface area contributed by atoms with Crippen LogP contribution in [0.4, 0.5) is 0 Å². The van der Waals surface area contributed by atoms with Gasteiger partial charge in [0.25, 0.3) is 5.91 Å². The fourth-order valence-corrected chi connectivity index (χ4v) is 4.84. The fourth-order valence-electron chi connectivity index (χ4n) is 4.53. The third kappa shape index (κ3) is 4.94. The summed E-state index contributed by atoms with van der Waals surface area (Å²) in [6.45, 7) is 1.77. The van der Waals surface area contributed by atoms with Gasteiger partial charge in [0.05, 0.1) is 16.1 Å². The minimum atomic E-state index is -1.09. The molecule has 0 bridgehead atoms. The molecule has 5 nitrogen and oxygen atoms in total. The average molecular weight is 451 g/mol. The maximum absolute atomic E-state index is 12.7. The number of halogens is 1. The monoisotopic (exact) mass is 450 g/mol. The maximum atomic E-state index is 12.7. The number of amides is 1. The Balaban J connectivity index is 1.52. The van der Waals surface area contributed by atoms with Gasteiger partial charge in [-0.2, -0.15) is 0 Å². The van der Waals surface area contributed by atoms with Gasteiger partial charge in [-0.1, -0.05) is 55.1 Å². The number of carbonyl (C=O) groups excluding carboxylic acids is 1. The van der Waals surface area contributed by atoms with Gasteiger partial charge in [0.15, 0.2) is 0 Å². The lowest BCUT2D eigenvalue weighted by Crippen LogP contribution is -2.42. The van der Waals surface area contributed by atoms with Crippen molar-refractivity contribution in [3.8, 4) is 0 Å². The lowest BCUT2D eigenvalue weighted by Gasteiger charge is -2.21. The molecule has 6 heteroatoms. The van der Waals surface area contributed by atoms with Gasteiger partial charge in [0.1, 0.15) is 6.04 Å². The quantitative estimate of drug-likeness (QED) is 0.507. The number of carboxylic acids is 1. The van der Waals surface area contributed by atoms with Crippen LogP contribution in [0.3, 0.4) is 0 Å². The molecular formula is C26H27ClN2O3. The van der Waals surface area contributed by atoms with E-state index in [0.717, 1.165) is 22.2 Å². The first-order valence-electron chi connectivity index (χ1n) is 11.1. The van der Waals surface area contributed by atoms with Crippen molar-refractivity contribution in [3.05, 3.63) is 75.9 Å². The highest BCUT2D eigenvalue weighted by Gasteiger charge is 2.23. The molecule has 4 rings (SSSR count). The molecule has 1 atom stereocenters. The van der Waals surface area contributed by atoms with E-state index in [-0.39, 0.29) is 6.42 Å². The molecule has 1 aliphatic rings. The summed E-state index contributed by atoms with van der Waals surface area (Å²) in [6, 6.07) is 14.0. The Morgan fingerprint density at radius 2 is 1.91 bits per heavy atom. The van der Waals surface area contributed by atoms with Crippen molar-refractivity contribution in [1.82, 2.24) is 10.3 Å². The highest BCUT2D eigenvalue weighted by atomic mass is 35.5. The summed E-state index contributed by atoms with van der Waals surface area (Å²) in [7, 11) is 0. The Bertz CT molecular complexity index is 1130. The first-order chi connectivity index (χ1) is 15.4. The number of benzene rings is 2. The third-order valence-corrected chi connectivity index (χ3v) is 6.61. The van der Waals surface area contributed by atoms with Crippen LogP contribution in [0, 0.1) is 6.92 Å². The van der Waals surface area contributed by atoms with Crippen molar-refractivity contribution >= 4 is 34.4 Å². The number of rotatable bonds is 6. The van der Waals surface area contributed by atoms with Gasteiger partial charge in [-0.3, -0.25) is 9.78 Å². The summed E-state index contributed by atoms with van der Waals surface area (Å²) < 4.78 is 0. The van der Waals surface area contributed by atoms with Gasteiger partial charge < -0.3 is 10.4 Å². The number of carboxylic acid groups (broad SMARTS) is 1. The predicted octanol–water partition coefficient (Wildman–Crippen LogP) is 5.67. The Labute approximate surface area is 192 Å². The molecule has 0 spiro atoms. The number of fused-ring (bicyclic) bond motifs is 1. The summed E-state index contributed by atoms with van der Waals surface area (Å²) in [5.41, 5.74) is 3.89. The molecule has 1 fully saturated rings. The van der Waals surface area contributed by atoms with Gasteiger partial charge in [0, 0.05) is 23.4 Å². The van der Waals surface area contributed by atoms with Crippen LogP contribution >= 0.6 is 11.6 Å². The molecule has 32 heavy (non-hydrogen) atoms. The zero-order valence-electron chi connectivity index (χ0n) is 18.1. The smallest absolute Gasteiger partial charge is 0.326 e. The molecule has 3 aromatic rings. The molecule has 1 aromatic heterocycles. The molecule has 2 aromatic carbocycles. The first-order valence-corrected chi connectivity index (χ1v) is 11.5. The van der Waals surface area contributed by atoms with Crippen molar-refractivity contribution < 1.29 is 14.7 Å². The topological polar surface area (TPSA) is 79.3 Å². The maximum Gasteiger partial charge on any atom is 0.326 e. The van der Waals surface area contributed by atoms with Crippen LogP contribution < -0.4 is 5.32 Å². The molecule has 1 amide bonds. The van der Waals surface area contributed by atoms with E-state index >= 15 is 0 Å². The average Bonchev–Trinajstić information content (AvgIpc) is 2.78. The molecule has 0 saturated heterocycles. The van der Waals surface area contributed by atoms with E-state index < -0.39 is 17.9 Å². The molecule has 1 saturated carbocycles. The van der Waals surface area contributed by atoms with Crippen molar-refractivity contribution in [2.45, 2.75) is 57.4 Å². The van der Waals surface area contributed by atoms with E-state index in [0.29, 0.717) is 22.1 Å². The summed E-state index contributed by atoms with van der Waals surface area (Å²) >= 11 is 6.17. The third-order valence-electron chi connectivity index (χ3n) is 6.29. The lowest BCUT2D eigenvalue weighted by molar-refractivity contribution is -0.139. The summed E-state index contributed by atoms with van der Waals surface area (Å²) in [4.78, 5) is 29.4. The number of hydrogen-bond acceptors (Lipinski definition) is 3. The molecule has 166 valence electrons. The molecule has 2 N–H and O–H groups in total. The fraction of sp³-hybridized carbons (Fsp3) is 0.346. The molecular weight excluding hydrogens is 424 g/mol. The highest BCUT2D eigenvalue weighted by Crippen LogP contribution is 2.32. The molecule has 1 aliphatic carbocycles. The van der Waals surface area contributed by atoms with Crippen molar-refractivity contribution in [2.75, 3.05) is 0 Å². The normalized spacial score (nSPS) is 15.4. The van der Waals surface area contributed by atoms with Crippen molar-refractivity contribution in [2.24, 2.45) is 0 Å². The van der Waals surface area contributed by atoms with E-state index in [1.54, 1.807) is 25.1 Å². The largest absolute Gasteiger partial charge is 0.480 e. The van der Waals surface area contributed by atoms with Crippen molar-refractivity contribution in [1.29, 1.82) is 0 Å². The molecule has 0 aliphatic heterocycles. The van der Waals surface area contributed by atoms with Gasteiger partial charge in [0.2, 0.25) is 0 Å². The molecule has 0 radical (unpaired) electrons. The van der Waals surface area contributed by atoms with E-state index in [9.17, 15) is 14.7 Å². The van der Waals surface area contributed by atoms with Crippen molar-refractivity contribution in [3.63, 3.8) is 0 Å². The Hall–Kier alpha value is -2.92. The second-order valence-electron chi connectivity index (χ2n) is 8.60. The van der Waals surface area contributed by atoms with E-state index in [4.69, 9.17) is 16.6 Å². The molecule has 1 unspecified atom stereocenters. The van der Waals surface area contributed by atoms with Crippen LogP contribution in [0.25, 0.3) is 10.9 Å². The SMILES string of the molecule is Cc1cccc(Cl)c1C(=O)NC(Cc1ccc2nc(C3CCCCC3)ccc2c1)C(=O)O. The van der Waals surface area contributed by atoms with Gasteiger partial charge in [-0.05, 0) is 55.2 Å². The Morgan fingerprint density at radius 3 is 2.62 bits per heavy atom. The Kier molecular flexibility index (Phi) is 6.75. The highest BCUT2D eigenvalue weighted by molar-refractivity contribution is 6.34. The number of nitrogens with zero attached hydrogens (tertiary/aromatic N) is 1. The minimum absolute atomic E-state index is 0.172. The van der Waals surface area contributed by atoms with Crippen LogP contribution in [0.1, 0.15) is 65.2 Å². The summed E-state index contributed by atoms with van der Waals surface area (Å²) in [6.07, 6.45) is 6.40. The van der Waals surface area contributed by atoms with Gasteiger partial charge in [-0.25, -0.2) is 4.79 Å². The van der Waals surface area contributed by atoms with E-state index in [2.05, 4.69) is 17.4 Å². The van der Waals surface area contributed by atoms with E-state index in [1.807, 2.05) is 18.2 Å². The zero-order chi connectivity index (χ0) is 22.7. The second-order valence-corrected chi connectivity index (χ2v) is 9.01. The van der Waals surface area contributed by atoms with Crippen LogP contribution in [-0.4, -0.2) is 28.0 Å². The van der Waals surface area contributed by atoms with Gasteiger partial charge in [-0.15, -0.1) is 0 Å². The number of aliphatic carboxylic acids is 1. The summed E-state index contributed by atoms with van der Waals surface area (Å²) in [5, 5.41) is 13.6. The number of nitrogens with one attached hydrogen (secondary N) is 1. The summed E-state index contributed by atoms with van der Waals surface area (Å²) in [5.74, 6) is -1.04. The number of aromatic nitrogens is 1. The number of carbonyl (C=O) groups is 2. The van der Waals surface area contributed by atoms with Crippen LogP contribution in [0.2, 0.25) is 5.02 Å². The minimum Gasteiger partial charge on any atom is -0.480 e. The number of pyridine rings is 1.